The predicted molar refractivity (Wildman–Crippen MR) is 109 cm³/mol. The number of benzene rings is 2. The third kappa shape index (κ3) is 4.80. The Morgan fingerprint density at radius 1 is 1.07 bits per heavy atom. The fourth-order valence-corrected chi connectivity index (χ4v) is 4.70. The van der Waals surface area contributed by atoms with Gasteiger partial charge in [0.25, 0.3) is 15.7 Å². The average Bonchev–Trinajstić information content (AvgIpc) is 2.68. The maximum atomic E-state index is 12.8. The Kier molecular flexibility index (Phi) is 6.90. The van der Waals surface area contributed by atoms with Gasteiger partial charge in [-0.25, -0.2) is 21.1 Å². The van der Waals surface area contributed by atoms with Gasteiger partial charge in [0.15, 0.2) is 4.90 Å². The van der Waals surface area contributed by atoms with Crippen LogP contribution in [0.3, 0.4) is 0 Å². The fraction of sp³-hybridized carbons (Fsp3) is 0.294. The maximum absolute atomic E-state index is 12.8. The number of nitro benzene ring substituents is 1. The van der Waals surface area contributed by atoms with Gasteiger partial charge in [-0.15, -0.1) is 0 Å². The molecular formula is C17H21N3O8S2. The van der Waals surface area contributed by atoms with Gasteiger partial charge in [0, 0.05) is 14.1 Å². The Labute approximate surface area is 174 Å². The van der Waals surface area contributed by atoms with E-state index in [1.165, 1.54) is 39.4 Å². The Morgan fingerprint density at radius 3 is 2.27 bits per heavy atom. The standard InChI is InChI=1S/C17H21N3O8S2/c1-5-28-15-8-6-12(10-17(15)30(25,26)19(2)3)18-29(23,24)16-9-7-13(27-4)11-14(16)20(21)22/h6-11,18H,5H2,1-4H3. The molecule has 2 aromatic rings. The Balaban J connectivity index is 2.56. The van der Waals surface area contributed by atoms with Crippen LogP contribution in [0.15, 0.2) is 46.2 Å². The van der Waals surface area contributed by atoms with Gasteiger partial charge in [-0.1, -0.05) is 0 Å². The van der Waals surface area contributed by atoms with E-state index in [1.54, 1.807) is 6.92 Å². The molecule has 2 rings (SSSR count). The molecule has 0 saturated heterocycles. The summed E-state index contributed by atoms with van der Waals surface area (Å²) in [6.45, 7) is 1.87. The summed E-state index contributed by atoms with van der Waals surface area (Å²) in [5, 5.41) is 11.3. The van der Waals surface area contributed by atoms with Gasteiger partial charge in [-0.3, -0.25) is 14.8 Å². The van der Waals surface area contributed by atoms with Gasteiger partial charge in [-0.05, 0) is 37.3 Å². The predicted octanol–water partition coefficient (Wildman–Crippen LogP) is 2.05. The molecule has 0 fully saturated rings. The summed E-state index contributed by atoms with van der Waals surface area (Å²) in [6.07, 6.45) is 0. The molecule has 2 aromatic carbocycles. The lowest BCUT2D eigenvalue weighted by Gasteiger charge is -2.17. The molecule has 0 saturated carbocycles. The number of sulfonamides is 2. The minimum absolute atomic E-state index is 0.0459. The molecule has 13 heteroatoms. The molecule has 0 aliphatic carbocycles. The van der Waals surface area contributed by atoms with E-state index >= 15 is 0 Å². The van der Waals surface area contributed by atoms with Crippen LogP contribution in [0.2, 0.25) is 0 Å². The monoisotopic (exact) mass is 459 g/mol. The number of nitro groups is 1. The minimum atomic E-state index is -4.42. The third-order valence-corrected chi connectivity index (χ3v) is 7.17. The molecule has 0 atom stereocenters. The fourth-order valence-electron chi connectivity index (χ4n) is 2.45. The molecule has 0 unspecified atom stereocenters. The zero-order chi connectivity index (χ0) is 22.7. The van der Waals surface area contributed by atoms with Crippen molar-refractivity contribution in [2.75, 3.05) is 32.5 Å². The lowest BCUT2D eigenvalue weighted by Crippen LogP contribution is -2.23. The van der Waals surface area contributed by atoms with Crippen molar-refractivity contribution < 1.29 is 31.2 Å². The van der Waals surface area contributed by atoms with Crippen LogP contribution >= 0.6 is 0 Å². The Hall–Kier alpha value is -2.90. The van der Waals surface area contributed by atoms with Crippen molar-refractivity contribution in [2.24, 2.45) is 0 Å². The first-order valence-corrected chi connectivity index (χ1v) is 11.4. The van der Waals surface area contributed by atoms with Gasteiger partial charge in [0.1, 0.15) is 16.4 Å². The van der Waals surface area contributed by atoms with Gasteiger partial charge >= 0.3 is 0 Å². The summed E-state index contributed by atoms with van der Waals surface area (Å²) >= 11 is 0. The van der Waals surface area contributed by atoms with Crippen LogP contribution in [0.1, 0.15) is 6.92 Å². The largest absolute Gasteiger partial charge is 0.497 e. The number of anilines is 1. The van der Waals surface area contributed by atoms with Gasteiger partial charge in [0.2, 0.25) is 10.0 Å². The molecule has 164 valence electrons. The van der Waals surface area contributed by atoms with Crippen LogP contribution in [0.5, 0.6) is 11.5 Å². The summed E-state index contributed by atoms with van der Waals surface area (Å²) in [5.41, 5.74) is -0.794. The highest BCUT2D eigenvalue weighted by Gasteiger charge is 2.28. The molecule has 0 spiro atoms. The molecule has 0 aliphatic rings. The van der Waals surface area contributed by atoms with Crippen LogP contribution in [0.25, 0.3) is 0 Å². The number of nitrogens with zero attached hydrogens (tertiary/aromatic N) is 2. The molecule has 0 amide bonds. The van der Waals surface area contributed by atoms with Crippen molar-refractivity contribution in [1.29, 1.82) is 0 Å². The van der Waals surface area contributed by atoms with Crippen molar-refractivity contribution in [3.63, 3.8) is 0 Å². The van der Waals surface area contributed by atoms with Crippen LogP contribution < -0.4 is 14.2 Å². The molecular weight excluding hydrogens is 438 g/mol. The smallest absolute Gasteiger partial charge is 0.293 e. The van der Waals surface area contributed by atoms with Crippen LogP contribution in [-0.4, -0.2) is 53.9 Å². The quantitative estimate of drug-likeness (QED) is 0.443. The van der Waals surface area contributed by atoms with Gasteiger partial charge in [0.05, 0.1) is 30.4 Å². The summed E-state index contributed by atoms with van der Waals surface area (Å²) in [7, 11) is -4.44. The maximum Gasteiger partial charge on any atom is 0.293 e. The first kappa shape index (κ1) is 23.4. The van der Waals surface area contributed by atoms with Crippen molar-refractivity contribution >= 4 is 31.4 Å². The van der Waals surface area contributed by atoms with E-state index in [2.05, 4.69) is 4.72 Å². The lowest BCUT2D eigenvalue weighted by atomic mass is 10.3. The summed E-state index contributed by atoms with van der Waals surface area (Å²) in [4.78, 5) is 9.62. The van der Waals surface area contributed by atoms with E-state index in [-0.39, 0.29) is 28.7 Å². The number of rotatable bonds is 9. The normalized spacial score (nSPS) is 11.9. The number of hydrogen-bond donors (Lipinski definition) is 1. The third-order valence-electron chi connectivity index (χ3n) is 3.91. The number of hydrogen-bond acceptors (Lipinski definition) is 8. The number of nitrogens with one attached hydrogen (secondary N) is 1. The van der Waals surface area contributed by atoms with Crippen LogP contribution in [0, 0.1) is 10.1 Å². The highest BCUT2D eigenvalue weighted by molar-refractivity contribution is 7.93. The lowest BCUT2D eigenvalue weighted by molar-refractivity contribution is -0.387. The number of methoxy groups -OCH3 is 1. The summed E-state index contributed by atoms with van der Waals surface area (Å²) < 4.78 is 64.1. The molecule has 30 heavy (non-hydrogen) atoms. The van der Waals surface area contributed by atoms with E-state index < -0.39 is 35.6 Å². The molecule has 0 aliphatic heterocycles. The van der Waals surface area contributed by atoms with E-state index in [0.29, 0.717) is 0 Å². The number of ether oxygens (including phenoxy) is 2. The van der Waals surface area contributed by atoms with E-state index in [4.69, 9.17) is 9.47 Å². The minimum Gasteiger partial charge on any atom is -0.497 e. The molecule has 11 nitrogen and oxygen atoms in total. The van der Waals surface area contributed by atoms with Crippen molar-refractivity contribution in [3.8, 4) is 11.5 Å². The van der Waals surface area contributed by atoms with Crippen molar-refractivity contribution in [2.45, 2.75) is 16.7 Å². The van der Waals surface area contributed by atoms with E-state index in [0.717, 1.165) is 22.5 Å². The van der Waals surface area contributed by atoms with Crippen molar-refractivity contribution in [3.05, 3.63) is 46.5 Å². The Morgan fingerprint density at radius 2 is 1.73 bits per heavy atom. The Bertz CT molecular complexity index is 1160. The molecule has 0 radical (unpaired) electrons. The van der Waals surface area contributed by atoms with Crippen LogP contribution in [-0.2, 0) is 20.0 Å². The molecule has 0 bridgehead atoms. The first-order chi connectivity index (χ1) is 13.9. The first-order valence-electron chi connectivity index (χ1n) is 8.48. The van der Waals surface area contributed by atoms with Crippen molar-refractivity contribution in [1.82, 2.24) is 4.31 Å². The SMILES string of the molecule is CCOc1ccc(NS(=O)(=O)c2ccc(OC)cc2[N+](=O)[O-])cc1S(=O)(=O)N(C)C. The highest BCUT2D eigenvalue weighted by atomic mass is 32.2. The second-order valence-corrected chi connectivity index (χ2v) is 9.85. The second kappa shape index (κ2) is 8.85. The molecule has 1 N–H and O–H groups in total. The zero-order valence-electron chi connectivity index (χ0n) is 16.6. The summed E-state index contributed by atoms with van der Waals surface area (Å²) in [5.74, 6) is 0.158. The van der Waals surface area contributed by atoms with E-state index in [9.17, 15) is 26.9 Å². The summed E-state index contributed by atoms with van der Waals surface area (Å²) in [6, 6.07) is 6.97. The zero-order valence-corrected chi connectivity index (χ0v) is 18.3. The van der Waals surface area contributed by atoms with E-state index in [1.807, 2.05) is 0 Å². The molecule has 0 heterocycles. The molecule has 0 aromatic heterocycles. The van der Waals surface area contributed by atoms with Gasteiger partial charge in [-0.2, -0.15) is 0 Å². The highest BCUT2D eigenvalue weighted by Crippen LogP contribution is 2.32. The topological polar surface area (TPSA) is 145 Å². The average molecular weight is 460 g/mol. The second-order valence-electron chi connectivity index (χ2n) is 6.08. The van der Waals surface area contributed by atoms with Crippen LogP contribution in [0.4, 0.5) is 11.4 Å². The van der Waals surface area contributed by atoms with Gasteiger partial charge < -0.3 is 9.47 Å².